The third kappa shape index (κ3) is 2.03. The average Bonchev–Trinajstić information content (AvgIpc) is 2.89. The number of nitrogens with one attached hydrogen (secondary N) is 1. The predicted molar refractivity (Wildman–Crippen MR) is 74.0 cm³/mol. The van der Waals surface area contributed by atoms with Crippen molar-refractivity contribution in [3.05, 3.63) is 35.9 Å². The van der Waals surface area contributed by atoms with Crippen molar-refractivity contribution in [1.82, 2.24) is 15.1 Å². The van der Waals surface area contributed by atoms with E-state index in [9.17, 15) is 9.59 Å². The lowest BCUT2D eigenvalue weighted by Crippen LogP contribution is -2.64. The Balaban J connectivity index is 1.85. The molecule has 0 aliphatic carbocycles. The van der Waals surface area contributed by atoms with Crippen LogP contribution >= 0.6 is 0 Å². The van der Waals surface area contributed by atoms with Crippen LogP contribution in [0.15, 0.2) is 35.3 Å². The van der Waals surface area contributed by atoms with Crippen molar-refractivity contribution in [2.45, 2.75) is 25.7 Å². The topological polar surface area (TPSA) is 65.0 Å². The van der Waals surface area contributed by atoms with Crippen LogP contribution in [0.3, 0.4) is 0 Å². The molecule has 1 saturated heterocycles. The van der Waals surface area contributed by atoms with Gasteiger partial charge in [0.25, 0.3) is 5.91 Å². The summed E-state index contributed by atoms with van der Waals surface area (Å²) in [6.45, 7) is 3.08. The van der Waals surface area contributed by atoms with E-state index in [0.29, 0.717) is 13.1 Å². The summed E-state index contributed by atoms with van der Waals surface area (Å²) in [6, 6.07) is 8.89. The Kier molecular flexibility index (Phi) is 3.14. The van der Waals surface area contributed by atoms with Gasteiger partial charge in [-0.15, -0.1) is 0 Å². The Morgan fingerprint density at radius 1 is 1.25 bits per heavy atom. The number of hydrogen-bond acceptors (Lipinski definition) is 4. The number of fused-ring (bicyclic) bond motifs is 1. The van der Waals surface area contributed by atoms with Gasteiger partial charge in [0.15, 0.2) is 12.2 Å². The van der Waals surface area contributed by atoms with Gasteiger partial charge in [-0.2, -0.15) is 0 Å². The summed E-state index contributed by atoms with van der Waals surface area (Å²) in [4.78, 5) is 31.8. The molecular formula is C14H16N4O2. The highest BCUT2D eigenvalue weighted by atomic mass is 16.2. The van der Waals surface area contributed by atoms with Crippen LogP contribution in [-0.2, 0) is 11.3 Å². The van der Waals surface area contributed by atoms with E-state index in [1.54, 1.807) is 11.2 Å². The van der Waals surface area contributed by atoms with Crippen LogP contribution < -0.4 is 5.32 Å². The van der Waals surface area contributed by atoms with Crippen LogP contribution in [-0.4, -0.2) is 46.8 Å². The number of carbonyl (C=O) groups is 2. The molecule has 1 aromatic rings. The Hall–Kier alpha value is -2.37. The molecule has 2 atom stereocenters. The number of rotatable bonds is 3. The number of amides is 3. The molecule has 1 aromatic carbocycles. The zero-order valence-corrected chi connectivity index (χ0v) is 11.2. The second-order valence-corrected chi connectivity index (χ2v) is 4.86. The third-order valence-electron chi connectivity index (χ3n) is 3.65. The minimum atomic E-state index is -0.434. The van der Waals surface area contributed by atoms with Crippen LogP contribution in [0.25, 0.3) is 0 Å². The molecule has 2 unspecified atom stereocenters. The van der Waals surface area contributed by atoms with Crippen LogP contribution in [0.2, 0.25) is 0 Å². The summed E-state index contributed by atoms with van der Waals surface area (Å²) >= 11 is 0. The van der Waals surface area contributed by atoms with Gasteiger partial charge < -0.3 is 4.90 Å². The van der Waals surface area contributed by atoms with Gasteiger partial charge in [-0.05, 0) is 12.5 Å². The van der Waals surface area contributed by atoms with E-state index < -0.39 is 12.2 Å². The van der Waals surface area contributed by atoms with Gasteiger partial charge in [0.1, 0.15) is 0 Å². The molecule has 2 aliphatic heterocycles. The Labute approximate surface area is 117 Å². The van der Waals surface area contributed by atoms with Gasteiger partial charge in [-0.1, -0.05) is 30.3 Å². The Bertz CT molecular complexity index is 558. The summed E-state index contributed by atoms with van der Waals surface area (Å²) in [5.74, 6) is -0.274. The number of aliphatic imine (C=N–C) groups is 1. The van der Waals surface area contributed by atoms with Crippen molar-refractivity contribution in [3.8, 4) is 0 Å². The molecule has 0 radical (unpaired) electrons. The Morgan fingerprint density at radius 3 is 2.70 bits per heavy atom. The van der Waals surface area contributed by atoms with Crippen LogP contribution in [0, 0.1) is 0 Å². The van der Waals surface area contributed by atoms with Gasteiger partial charge in [0.2, 0.25) is 0 Å². The van der Waals surface area contributed by atoms with Crippen LogP contribution in [0.1, 0.15) is 12.5 Å². The molecule has 6 heteroatoms. The maximum Gasteiger partial charge on any atom is 0.326 e. The normalized spacial score (nSPS) is 24.9. The molecular weight excluding hydrogens is 256 g/mol. The minimum Gasteiger partial charge on any atom is -0.348 e. The molecule has 6 nitrogen and oxygen atoms in total. The first-order valence-corrected chi connectivity index (χ1v) is 6.65. The van der Waals surface area contributed by atoms with Crippen molar-refractivity contribution < 1.29 is 9.59 Å². The molecule has 0 bridgehead atoms. The smallest absolute Gasteiger partial charge is 0.326 e. The standard InChI is InChI=1S/C14H16N4O2/c1-2-17-9-15-12-11(17)13(19)16-14(20)18(12)8-10-6-4-3-5-7-10/h3-7,9,11-12H,2,8H2,1H3,(H,16,19,20). The SMILES string of the molecule is CCN1C=NC2C1C(=O)NC(=O)N2Cc1ccccc1. The largest absolute Gasteiger partial charge is 0.348 e. The second kappa shape index (κ2) is 4.96. The number of urea groups is 1. The van der Waals surface area contributed by atoms with Crippen molar-refractivity contribution in [2.75, 3.05) is 6.54 Å². The summed E-state index contributed by atoms with van der Waals surface area (Å²) in [6.07, 6.45) is 1.22. The molecule has 0 saturated carbocycles. The van der Waals surface area contributed by atoms with Gasteiger partial charge in [0, 0.05) is 13.1 Å². The first kappa shape index (κ1) is 12.7. The summed E-state index contributed by atoms with van der Waals surface area (Å²) in [5, 5.41) is 2.41. The number of benzene rings is 1. The fraction of sp³-hybridized carbons (Fsp3) is 0.357. The highest BCUT2D eigenvalue weighted by Crippen LogP contribution is 2.23. The quantitative estimate of drug-likeness (QED) is 0.885. The molecule has 1 N–H and O–H groups in total. The van der Waals surface area contributed by atoms with Crippen molar-refractivity contribution >= 4 is 18.3 Å². The van der Waals surface area contributed by atoms with Crippen molar-refractivity contribution in [3.63, 3.8) is 0 Å². The first-order chi connectivity index (χ1) is 9.70. The summed E-state index contributed by atoms with van der Waals surface area (Å²) < 4.78 is 0. The van der Waals surface area contributed by atoms with Crippen molar-refractivity contribution in [1.29, 1.82) is 0 Å². The van der Waals surface area contributed by atoms with E-state index in [0.717, 1.165) is 5.56 Å². The monoisotopic (exact) mass is 272 g/mol. The molecule has 0 spiro atoms. The number of hydrogen-bond donors (Lipinski definition) is 1. The van der Waals surface area contributed by atoms with E-state index >= 15 is 0 Å². The lowest BCUT2D eigenvalue weighted by atomic mass is 10.1. The molecule has 0 aromatic heterocycles. The molecule has 3 amide bonds. The lowest BCUT2D eigenvalue weighted by Gasteiger charge is -2.37. The summed E-state index contributed by atoms with van der Waals surface area (Å²) in [5.41, 5.74) is 1.01. The zero-order valence-electron chi connectivity index (χ0n) is 11.2. The van der Waals surface area contributed by atoms with E-state index in [-0.39, 0.29) is 11.9 Å². The maximum absolute atomic E-state index is 12.0. The molecule has 3 rings (SSSR count). The average molecular weight is 272 g/mol. The highest BCUT2D eigenvalue weighted by molar-refractivity contribution is 6.02. The van der Waals surface area contributed by atoms with E-state index in [1.807, 2.05) is 42.2 Å². The predicted octanol–water partition coefficient (Wildman–Crippen LogP) is 0.797. The minimum absolute atomic E-state index is 0.274. The fourth-order valence-electron chi connectivity index (χ4n) is 2.61. The van der Waals surface area contributed by atoms with Crippen LogP contribution in [0.5, 0.6) is 0 Å². The van der Waals surface area contributed by atoms with Gasteiger partial charge in [0.05, 0.1) is 6.34 Å². The molecule has 1 fully saturated rings. The van der Waals surface area contributed by atoms with Crippen molar-refractivity contribution in [2.24, 2.45) is 4.99 Å². The van der Waals surface area contributed by atoms with Crippen LogP contribution in [0.4, 0.5) is 4.79 Å². The van der Waals surface area contributed by atoms with E-state index in [1.165, 1.54) is 0 Å². The lowest BCUT2D eigenvalue weighted by molar-refractivity contribution is -0.127. The molecule has 2 heterocycles. The number of likely N-dealkylation sites (N-methyl/N-ethyl adjacent to an activating group) is 1. The molecule has 20 heavy (non-hydrogen) atoms. The second-order valence-electron chi connectivity index (χ2n) is 4.86. The number of imide groups is 1. The first-order valence-electron chi connectivity index (χ1n) is 6.65. The molecule has 2 aliphatic rings. The Morgan fingerprint density at radius 2 is 2.00 bits per heavy atom. The maximum atomic E-state index is 12.0. The van der Waals surface area contributed by atoms with E-state index in [4.69, 9.17) is 0 Å². The highest BCUT2D eigenvalue weighted by Gasteiger charge is 2.46. The number of nitrogens with zero attached hydrogens (tertiary/aromatic N) is 3. The zero-order chi connectivity index (χ0) is 14.1. The third-order valence-corrected chi connectivity index (χ3v) is 3.65. The van der Waals surface area contributed by atoms with Gasteiger partial charge >= 0.3 is 6.03 Å². The summed E-state index contributed by atoms with van der Waals surface area (Å²) in [7, 11) is 0. The van der Waals surface area contributed by atoms with Gasteiger partial charge in [-0.3, -0.25) is 15.0 Å². The van der Waals surface area contributed by atoms with E-state index in [2.05, 4.69) is 10.3 Å². The number of carbonyl (C=O) groups excluding carboxylic acids is 2. The fourth-order valence-corrected chi connectivity index (χ4v) is 2.61. The van der Waals surface area contributed by atoms with Gasteiger partial charge in [-0.25, -0.2) is 9.79 Å². The molecule has 104 valence electrons.